The van der Waals surface area contributed by atoms with E-state index < -0.39 is 0 Å². The molecular formula is C16H11IO4. The Morgan fingerprint density at radius 1 is 1.14 bits per heavy atom. The summed E-state index contributed by atoms with van der Waals surface area (Å²) in [4.78, 5) is 12.5. The van der Waals surface area contributed by atoms with Crippen molar-refractivity contribution in [3.63, 3.8) is 0 Å². The van der Waals surface area contributed by atoms with Gasteiger partial charge >= 0.3 is 0 Å². The molecule has 0 aliphatic carbocycles. The Hall–Kier alpha value is -2.02. The van der Waals surface area contributed by atoms with E-state index in [0.717, 1.165) is 3.57 Å². The van der Waals surface area contributed by atoms with Crippen LogP contribution in [0.15, 0.2) is 51.7 Å². The topological polar surface area (TPSA) is 59.7 Å². The van der Waals surface area contributed by atoms with Gasteiger partial charge in [0.15, 0.2) is 5.76 Å². The third-order valence-electron chi connectivity index (χ3n) is 3.15. The molecule has 0 unspecified atom stereocenters. The van der Waals surface area contributed by atoms with Crippen molar-refractivity contribution >= 4 is 33.6 Å². The van der Waals surface area contributed by atoms with Crippen LogP contribution in [0, 0.1) is 3.57 Å². The summed E-state index contributed by atoms with van der Waals surface area (Å²) >= 11 is 2.16. The summed E-state index contributed by atoms with van der Waals surface area (Å²) in [7, 11) is 1.44. The summed E-state index contributed by atoms with van der Waals surface area (Å²) in [6.07, 6.45) is 0. The van der Waals surface area contributed by atoms with Crippen molar-refractivity contribution in [1.29, 1.82) is 0 Å². The van der Waals surface area contributed by atoms with Crippen molar-refractivity contribution in [2.75, 3.05) is 7.11 Å². The van der Waals surface area contributed by atoms with Crippen LogP contribution >= 0.6 is 22.6 Å². The quantitative estimate of drug-likeness (QED) is 0.673. The molecule has 106 valence electrons. The van der Waals surface area contributed by atoms with Crippen molar-refractivity contribution in [2.45, 2.75) is 0 Å². The van der Waals surface area contributed by atoms with Crippen LogP contribution in [-0.2, 0) is 0 Å². The molecule has 0 atom stereocenters. The van der Waals surface area contributed by atoms with Gasteiger partial charge in [-0.25, -0.2) is 0 Å². The smallest absolute Gasteiger partial charge is 0.235 e. The van der Waals surface area contributed by atoms with Crippen molar-refractivity contribution in [3.05, 3.63) is 56.3 Å². The van der Waals surface area contributed by atoms with Crippen molar-refractivity contribution in [3.8, 4) is 22.8 Å². The number of rotatable bonds is 2. The van der Waals surface area contributed by atoms with Gasteiger partial charge in [0.1, 0.15) is 11.3 Å². The predicted molar refractivity (Wildman–Crippen MR) is 88.9 cm³/mol. The van der Waals surface area contributed by atoms with Crippen LogP contribution in [0.4, 0.5) is 0 Å². The lowest BCUT2D eigenvalue weighted by molar-refractivity contribution is 0.398. The van der Waals surface area contributed by atoms with Crippen molar-refractivity contribution < 1.29 is 14.3 Å². The highest BCUT2D eigenvalue weighted by atomic mass is 127. The van der Waals surface area contributed by atoms with E-state index >= 15 is 0 Å². The molecule has 1 N–H and O–H groups in total. The maximum atomic E-state index is 12.5. The molecule has 4 nitrogen and oxygen atoms in total. The summed E-state index contributed by atoms with van der Waals surface area (Å²) < 4.78 is 12.1. The van der Waals surface area contributed by atoms with Gasteiger partial charge in [-0.15, -0.1) is 0 Å². The van der Waals surface area contributed by atoms with Gasteiger partial charge in [0.2, 0.25) is 11.2 Å². The van der Waals surface area contributed by atoms with E-state index in [-0.39, 0.29) is 16.9 Å². The first-order valence-corrected chi connectivity index (χ1v) is 7.28. The molecule has 0 aliphatic heterocycles. The molecule has 1 heterocycles. The fourth-order valence-electron chi connectivity index (χ4n) is 2.14. The summed E-state index contributed by atoms with van der Waals surface area (Å²) in [5.41, 5.74) is 0.969. The summed E-state index contributed by atoms with van der Waals surface area (Å²) in [6, 6.07) is 11.8. The third kappa shape index (κ3) is 2.49. The van der Waals surface area contributed by atoms with E-state index in [4.69, 9.17) is 9.15 Å². The lowest BCUT2D eigenvalue weighted by Gasteiger charge is -2.09. The first-order valence-electron chi connectivity index (χ1n) is 6.20. The number of aromatic hydroxyl groups is 1. The fourth-order valence-corrected chi connectivity index (χ4v) is 2.60. The number of hydrogen-bond donors (Lipinski definition) is 1. The molecule has 0 saturated carbocycles. The average molecular weight is 394 g/mol. The molecule has 2 aromatic carbocycles. The predicted octanol–water partition coefficient (Wildman–Crippen LogP) is 3.78. The van der Waals surface area contributed by atoms with Crippen LogP contribution in [-0.4, -0.2) is 12.2 Å². The molecule has 0 saturated heterocycles. The zero-order valence-corrected chi connectivity index (χ0v) is 13.2. The fraction of sp³-hybridized carbons (Fsp3) is 0.0625. The Kier molecular flexibility index (Phi) is 3.59. The monoisotopic (exact) mass is 394 g/mol. The van der Waals surface area contributed by atoms with Gasteiger partial charge in [-0.05, 0) is 65.1 Å². The van der Waals surface area contributed by atoms with Crippen LogP contribution < -0.4 is 10.2 Å². The van der Waals surface area contributed by atoms with Crippen LogP contribution in [0.5, 0.6) is 11.5 Å². The number of phenolic OH excluding ortho intramolecular Hbond substituents is 1. The third-order valence-corrected chi connectivity index (χ3v) is 3.82. The molecule has 1 aromatic heterocycles. The lowest BCUT2D eigenvalue weighted by Crippen LogP contribution is -2.07. The van der Waals surface area contributed by atoms with Crippen LogP contribution in [0.1, 0.15) is 0 Å². The molecule has 0 aliphatic rings. The SMILES string of the molecule is COc1c(-c2ccc(O)cc2)oc2cc(I)ccc2c1=O. The standard InChI is InChI=1S/C16H11IO4/c1-20-16-14(19)12-7-4-10(17)8-13(12)21-15(16)9-2-5-11(18)6-3-9/h2-8,18H,1H3. The molecule has 3 aromatic rings. The van der Waals surface area contributed by atoms with E-state index in [2.05, 4.69) is 22.6 Å². The minimum atomic E-state index is -0.210. The lowest BCUT2D eigenvalue weighted by atomic mass is 10.1. The highest BCUT2D eigenvalue weighted by Crippen LogP contribution is 2.31. The molecule has 21 heavy (non-hydrogen) atoms. The summed E-state index contributed by atoms with van der Waals surface area (Å²) in [5.74, 6) is 0.668. The number of halogens is 1. The number of fused-ring (bicyclic) bond motifs is 1. The zero-order chi connectivity index (χ0) is 15.0. The number of phenols is 1. The molecule has 5 heteroatoms. The molecule has 0 bridgehead atoms. The van der Waals surface area contributed by atoms with Crippen molar-refractivity contribution in [2.24, 2.45) is 0 Å². The Labute approximate surface area is 134 Å². The molecule has 0 spiro atoms. The number of methoxy groups -OCH3 is 1. The largest absolute Gasteiger partial charge is 0.508 e. The summed E-state index contributed by atoms with van der Waals surface area (Å²) in [6.45, 7) is 0. The Morgan fingerprint density at radius 2 is 1.86 bits per heavy atom. The maximum absolute atomic E-state index is 12.5. The molecule has 3 rings (SSSR count). The Balaban J connectivity index is 2.35. The van der Waals surface area contributed by atoms with E-state index in [1.807, 2.05) is 6.07 Å². The van der Waals surface area contributed by atoms with Gasteiger partial charge in [0.05, 0.1) is 12.5 Å². The second-order valence-corrected chi connectivity index (χ2v) is 5.73. The molecule has 0 radical (unpaired) electrons. The van der Waals surface area contributed by atoms with Gasteiger partial charge in [0, 0.05) is 9.13 Å². The Morgan fingerprint density at radius 3 is 2.52 bits per heavy atom. The molecular weight excluding hydrogens is 383 g/mol. The summed E-state index contributed by atoms with van der Waals surface area (Å²) in [5, 5.41) is 9.85. The Bertz CT molecular complexity index is 866. The van der Waals surface area contributed by atoms with Crippen molar-refractivity contribution in [1.82, 2.24) is 0 Å². The van der Waals surface area contributed by atoms with E-state index in [9.17, 15) is 9.90 Å². The first-order chi connectivity index (χ1) is 10.1. The normalized spacial score (nSPS) is 10.8. The molecule has 0 fully saturated rings. The van der Waals surface area contributed by atoms with Gasteiger partial charge in [-0.1, -0.05) is 0 Å². The molecule has 0 amide bonds. The zero-order valence-electron chi connectivity index (χ0n) is 11.1. The van der Waals surface area contributed by atoms with Gasteiger partial charge in [-0.2, -0.15) is 0 Å². The van der Waals surface area contributed by atoms with E-state index in [1.165, 1.54) is 19.2 Å². The van der Waals surface area contributed by atoms with Gasteiger partial charge < -0.3 is 14.3 Å². The highest BCUT2D eigenvalue weighted by Gasteiger charge is 2.16. The van der Waals surface area contributed by atoms with E-state index in [0.29, 0.717) is 22.3 Å². The minimum Gasteiger partial charge on any atom is -0.508 e. The van der Waals surface area contributed by atoms with Crippen LogP contribution in [0.2, 0.25) is 0 Å². The first kappa shape index (κ1) is 13.9. The van der Waals surface area contributed by atoms with Crippen LogP contribution in [0.3, 0.4) is 0 Å². The minimum absolute atomic E-state index is 0.149. The number of ether oxygens (including phenoxy) is 1. The highest BCUT2D eigenvalue weighted by molar-refractivity contribution is 14.1. The van der Waals surface area contributed by atoms with E-state index in [1.54, 1.807) is 24.3 Å². The van der Waals surface area contributed by atoms with Crippen LogP contribution in [0.25, 0.3) is 22.3 Å². The second kappa shape index (κ2) is 5.40. The van der Waals surface area contributed by atoms with Gasteiger partial charge in [0.25, 0.3) is 0 Å². The van der Waals surface area contributed by atoms with Gasteiger partial charge in [-0.3, -0.25) is 4.79 Å². The second-order valence-electron chi connectivity index (χ2n) is 4.48. The number of benzene rings is 2. The maximum Gasteiger partial charge on any atom is 0.235 e. The average Bonchev–Trinajstić information content (AvgIpc) is 2.47. The number of hydrogen-bond acceptors (Lipinski definition) is 4.